The lowest BCUT2D eigenvalue weighted by Crippen LogP contribution is -2.41. The summed E-state index contributed by atoms with van der Waals surface area (Å²) in [7, 11) is -3.86. The van der Waals surface area contributed by atoms with Crippen molar-refractivity contribution in [3.05, 3.63) is 23.5 Å². The number of halogens is 1. The van der Waals surface area contributed by atoms with E-state index in [2.05, 4.69) is 11.6 Å². The Balaban J connectivity index is 2.23. The number of aryl methyl sites for hydroxylation is 1. The van der Waals surface area contributed by atoms with E-state index in [4.69, 9.17) is 5.73 Å². The lowest BCUT2D eigenvalue weighted by Gasteiger charge is -2.41. The fourth-order valence-corrected chi connectivity index (χ4v) is 3.96. The minimum atomic E-state index is -3.86. The molecule has 0 unspecified atom stereocenters. The SMILES string of the molecule is CCC1(CNS(=O)(=O)c2cc(N)cc(C)c2F)CCC1. The van der Waals surface area contributed by atoms with Gasteiger partial charge >= 0.3 is 0 Å². The van der Waals surface area contributed by atoms with Crippen molar-refractivity contribution in [3.8, 4) is 0 Å². The molecule has 0 spiro atoms. The third kappa shape index (κ3) is 2.81. The van der Waals surface area contributed by atoms with Crippen LogP contribution in [0.15, 0.2) is 17.0 Å². The summed E-state index contributed by atoms with van der Waals surface area (Å²) in [5.74, 6) is -0.731. The molecule has 0 aliphatic heterocycles. The third-order valence-electron chi connectivity index (χ3n) is 4.33. The van der Waals surface area contributed by atoms with E-state index in [0.29, 0.717) is 6.54 Å². The van der Waals surface area contributed by atoms with E-state index in [9.17, 15) is 12.8 Å². The zero-order valence-corrected chi connectivity index (χ0v) is 12.7. The Labute approximate surface area is 119 Å². The Morgan fingerprint density at radius 1 is 1.40 bits per heavy atom. The summed E-state index contributed by atoms with van der Waals surface area (Å²) in [5.41, 5.74) is 6.14. The molecule has 3 N–H and O–H groups in total. The summed E-state index contributed by atoms with van der Waals surface area (Å²) in [4.78, 5) is -0.361. The van der Waals surface area contributed by atoms with Gasteiger partial charge in [-0.15, -0.1) is 0 Å². The number of hydrogen-bond acceptors (Lipinski definition) is 3. The molecule has 0 heterocycles. The van der Waals surface area contributed by atoms with Gasteiger partial charge < -0.3 is 5.73 Å². The van der Waals surface area contributed by atoms with Crippen molar-refractivity contribution in [3.63, 3.8) is 0 Å². The van der Waals surface area contributed by atoms with Gasteiger partial charge in [0.25, 0.3) is 0 Å². The number of rotatable bonds is 5. The molecule has 2 rings (SSSR count). The molecule has 1 saturated carbocycles. The first kappa shape index (κ1) is 15.3. The zero-order valence-electron chi connectivity index (χ0n) is 11.9. The molecule has 1 aliphatic carbocycles. The first-order chi connectivity index (χ1) is 9.30. The molecule has 0 atom stereocenters. The minimum Gasteiger partial charge on any atom is -0.399 e. The summed E-state index contributed by atoms with van der Waals surface area (Å²) in [6.07, 6.45) is 4.09. The molecule has 0 radical (unpaired) electrons. The quantitative estimate of drug-likeness (QED) is 0.821. The molecule has 1 aliphatic rings. The molecule has 0 aromatic heterocycles. The van der Waals surface area contributed by atoms with Crippen LogP contribution < -0.4 is 10.5 Å². The summed E-state index contributed by atoms with van der Waals surface area (Å²) < 4.78 is 41.0. The number of nitrogens with two attached hydrogens (primary N) is 1. The van der Waals surface area contributed by atoms with Gasteiger partial charge in [-0.05, 0) is 49.3 Å². The van der Waals surface area contributed by atoms with Gasteiger partial charge in [-0.1, -0.05) is 13.3 Å². The smallest absolute Gasteiger partial charge is 0.243 e. The van der Waals surface area contributed by atoms with E-state index in [0.717, 1.165) is 25.7 Å². The van der Waals surface area contributed by atoms with Gasteiger partial charge in [0.1, 0.15) is 10.7 Å². The van der Waals surface area contributed by atoms with Crippen LogP contribution in [0.25, 0.3) is 0 Å². The normalized spacial score (nSPS) is 17.8. The molecule has 112 valence electrons. The molecule has 0 saturated heterocycles. The molecular weight excluding hydrogens is 279 g/mol. The fraction of sp³-hybridized carbons (Fsp3) is 0.571. The van der Waals surface area contributed by atoms with Crippen molar-refractivity contribution in [2.75, 3.05) is 12.3 Å². The van der Waals surface area contributed by atoms with Gasteiger partial charge in [-0.25, -0.2) is 17.5 Å². The number of nitrogen functional groups attached to an aromatic ring is 1. The van der Waals surface area contributed by atoms with Crippen molar-refractivity contribution in [1.82, 2.24) is 4.72 Å². The van der Waals surface area contributed by atoms with Crippen LogP contribution in [0, 0.1) is 18.2 Å². The predicted molar refractivity (Wildman–Crippen MR) is 77.3 cm³/mol. The van der Waals surface area contributed by atoms with Crippen LogP contribution in [0.5, 0.6) is 0 Å². The van der Waals surface area contributed by atoms with Crippen molar-refractivity contribution in [1.29, 1.82) is 0 Å². The van der Waals surface area contributed by atoms with Crippen LogP contribution in [0.1, 0.15) is 38.2 Å². The molecule has 1 aromatic rings. The summed E-state index contributed by atoms with van der Waals surface area (Å²) >= 11 is 0. The Bertz CT molecular complexity index is 604. The average molecular weight is 300 g/mol. The summed E-state index contributed by atoms with van der Waals surface area (Å²) in [5, 5.41) is 0. The van der Waals surface area contributed by atoms with Gasteiger partial charge in [-0.2, -0.15) is 0 Å². The predicted octanol–water partition coefficient (Wildman–Crippen LogP) is 2.57. The fourth-order valence-electron chi connectivity index (χ4n) is 2.62. The van der Waals surface area contributed by atoms with E-state index in [1.807, 2.05) is 0 Å². The van der Waals surface area contributed by atoms with Crippen molar-refractivity contribution >= 4 is 15.7 Å². The number of sulfonamides is 1. The van der Waals surface area contributed by atoms with E-state index in [1.54, 1.807) is 0 Å². The van der Waals surface area contributed by atoms with Crippen molar-refractivity contribution < 1.29 is 12.8 Å². The highest BCUT2D eigenvalue weighted by Gasteiger charge is 2.36. The van der Waals surface area contributed by atoms with Gasteiger partial charge in [0.15, 0.2) is 0 Å². The highest BCUT2D eigenvalue weighted by molar-refractivity contribution is 7.89. The average Bonchev–Trinajstić information content (AvgIpc) is 2.32. The molecule has 1 aromatic carbocycles. The summed E-state index contributed by atoms with van der Waals surface area (Å²) in [6.45, 7) is 3.92. The number of anilines is 1. The Morgan fingerprint density at radius 2 is 2.05 bits per heavy atom. The van der Waals surface area contributed by atoms with Crippen LogP contribution in [0.4, 0.5) is 10.1 Å². The number of nitrogens with one attached hydrogen (secondary N) is 1. The first-order valence-corrected chi connectivity index (χ1v) is 8.33. The molecule has 6 heteroatoms. The Morgan fingerprint density at radius 3 is 2.55 bits per heavy atom. The molecule has 0 amide bonds. The van der Waals surface area contributed by atoms with E-state index in [1.165, 1.54) is 19.1 Å². The highest BCUT2D eigenvalue weighted by Crippen LogP contribution is 2.43. The van der Waals surface area contributed by atoms with Crippen molar-refractivity contribution in [2.24, 2.45) is 5.41 Å². The van der Waals surface area contributed by atoms with Gasteiger partial charge in [0, 0.05) is 12.2 Å². The van der Waals surface area contributed by atoms with E-state index in [-0.39, 0.29) is 21.6 Å². The van der Waals surface area contributed by atoms with Gasteiger partial charge in [-0.3, -0.25) is 0 Å². The molecule has 1 fully saturated rings. The Hall–Kier alpha value is -1.14. The van der Waals surface area contributed by atoms with E-state index >= 15 is 0 Å². The van der Waals surface area contributed by atoms with Crippen LogP contribution in [-0.2, 0) is 10.0 Å². The topological polar surface area (TPSA) is 72.2 Å². The maximum atomic E-state index is 14.0. The first-order valence-electron chi connectivity index (χ1n) is 6.85. The van der Waals surface area contributed by atoms with Crippen LogP contribution in [0.3, 0.4) is 0 Å². The van der Waals surface area contributed by atoms with E-state index < -0.39 is 15.8 Å². The third-order valence-corrected chi connectivity index (χ3v) is 5.73. The van der Waals surface area contributed by atoms with Crippen LogP contribution >= 0.6 is 0 Å². The number of benzene rings is 1. The largest absolute Gasteiger partial charge is 0.399 e. The second-order valence-corrected chi connectivity index (χ2v) is 7.42. The maximum absolute atomic E-state index is 14.0. The second kappa shape index (κ2) is 5.33. The lowest BCUT2D eigenvalue weighted by atomic mass is 9.67. The monoisotopic (exact) mass is 300 g/mol. The highest BCUT2D eigenvalue weighted by atomic mass is 32.2. The lowest BCUT2D eigenvalue weighted by molar-refractivity contribution is 0.133. The molecule has 4 nitrogen and oxygen atoms in total. The standard InChI is InChI=1S/C14H21FN2O2S/c1-3-14(5-4-6-14)9-17-20(18,19)12-8-11(16)7-10(2)13(12)15/h7-8,17H,3-6,9,16H2,1-2H3. The second-order valence-electron chi connectivity index (χ2n) is 5.68. The van der Waals surface area contributed by atoms with Crippen molar-refractivity contribution in [2.45, 2.75) is 44.4 Å². The van der Waals surface area contributed by atoms with Gasteiger partial charge in [0.2, 0.25) is 10.0 Å². The Kier molecular flexibility index (Phi) is 4.07. The summed E-state index contributed by atoms with van der Waals surface area (Å²) in [6, 6.07) is 2.60. The zero-order chi connectivity index (χ0) is 15.0. The van der Waals surface area contributed by atoms with Crippen LogP contribution in [0.2, 0.25) is 0 Å². The number of hydrogen-bond donors (Lipinski definition) is 2. The molecule has 0 bridgehead atoms. The minimum absolute atomic E-state index is 0.0406. The molecule has 20 heavy (non-hydrogen) atoms. The van der Waals surface area contributed by atoms with Gasteiger partial charge in [0.05, 0.1) is 0 Å². The van der Waals surface area contributed by atoms with Crippen LogP contribution in [-0.4, -0.2) is 15.0 Å². The maximum Gasteiger partial charge on any atom is 0.243 e. The molecular formula is C14H21FN2O2S.